The summed E-state index contributed by atoms with van der Waals surface area (Å²) in [5.41, 5.74) is 0.641. The Morgan fingerprint density at radius 3 is 2.50 bits per heavy atom. The van der Waals surface area contributed by atoms with Crippen LogP contribution in [0.25, 0.3) is 0 Å². The van der Waals surface area contributed by atoms with E-state index in [-0.39, 0.29) is 5.69 Å². The zero-order valence-electron chi connectivity index (χ0n) is 11.7. The summed E-state index contributed by atoms with van der Waals surface area (Å²) >= 11 is 0. The smallest absolute Gasteiger partial charge is 0.355 e. The van der Waals surface area contributed by atoms with Crippen LogP contribution < -0.4 is 5.32 Å². The van der Waals surface area contributed by atoms with Crippen molar-refractivity contribution in [3.8, 4) is 0 Å². The van der Waals surface area contributed by atoms with Crippen LogP contribution in [-0.4, -0.2) is 28.0 Å². The molecule has 1 heterocycles. The molecule has 0 aliphatic carbocycles. The van der Waals surface area contributed by atoms with Gasteiger partial charge in [-0.05, 0) is 24.3 Å². The Balaban J connectivity index is 1.86. The van der Waals surface area contributed by atoms with Gasteiger partial charge in [0.15, 0.2) is 6.61 Å². The number of aryl methyl sites for hydroxylation is 1. The van der Waals surface area contributed by atoms with E-state index in [1.54, 1.807) is 29.9 Å². The highest BCUT2D eigenvalue weighted by Crippen LogP contribution is 2.15. The number of aromatic nitrogens is 1. The Morgan fingerprint density at radius 2 is 1.95 bits per heavy atom. The molecule has 1 amide bonds. The molecule has 0 saturated heterocycles. The number of nitrogens with one attached hydrogen (secondary N) is 1. The Bertz CT molecular complexity index is 706. The van der Waals surface area contributed by atoms with Gasteiger partial charge in [0.25, 0.3) is 11.6 Å². The summed E-state index contributed by atoms with van der Waals surface area (Å²) in [7, 11) is 1.69. The second-order valence-corrected chi connectivity index (χ2v) is 4.43. The van der Waals surface area contributed by atoms with Crippen molar-refractivity contribution >= 4 is 23.3 Å². The van der Waals surface area contributed by atoms with Gasteiger partial charge in [0.2, 0.25) is 0 Å². The lowest BCUT2D eigenvalue weighted by Crippen LogP contribution is -2.21. The van der Waals surface area contributed by atoms with Crippen molar-refractivity contribution in [2.24, 2.45) is 7.05 Å². The lowest BCUT2D eigenvalue weighted by molar-refractivity contribution is -0.384. The topological polar surface area (TPSA) is 103 Å². The molecule has 22 heavy (non-hydrogen) atoms. The molecule has 0 fully saturated rings. The van der Waals surface area contributed by atoms with E-state index >= 15 is 0 Å². The first kappa shape index (κ1) is 15.2. The van der Waals surface area contributed by atoms with Gasteiger partial charge in [-0.25, -0.2) is 4.79 Å². The second-order valence-electron chi connectivity index (χ2n) is 4.43. The molecule has 1 aromatic heterocycles. The van der Waals surface area contributed by atoms with Gasteiger partial charge in [0.1, 0.15) is 5.69 Å². The van der Waals surface area contributed by atoms with Crippen molar-refractivity contribution in [2.75, 3.05) is 11.9 Å². The molecule has 0 saturated carbocycles. The molecule has 0 aliphatic heterocycles. The van der Waals surface area contributed by atoms with Gasteiger partial charge in [0.05, 0.1) is 4.92 Å². The van der Waals surface area contributed by atoms with Crippen molar-refractivity contribution in [1.29, 1.82) is 0 Å². The number of hydrogen-bond acceptors (Lipinski definition) is 5. The van der Waals surface area contributed by atoms with Crippen molar-refractivity contribution in [3.05, 3.63) is 58.4 Å². The Kier molecular flexibility index (Phi) is 4.52. The van der Waals surface area contributed by atoms with E-state index < -0.39 is 23.4 Å². The third kappa shape index (κ3) is 3.69. The average molecular weight is 303 g/mol. The lowest BCUT2D eigenvalue weighted by atomic mass is 10.3. The molecule has 2 aromatic rings. The van der Waals surface area contributed by atoms with E-state index in [0.29, 0.717) is 11.4 Å². The summed E-state index contributed by atoms with van der Waals surface area (Å²) in [6.07, 6.45) is 1.69. The van der Waals surface area contributed by atoms with E-state index in [0.717, 1.165) is 0 Å². The minimum absolute atomic E-state index is 0.0758. The number of carbonyl (C=O) groups is 2. The van der Waals surface area contributed by atoms with Gasteiger partial charge >= 0.3 is 5.97 Å². The summed E-state index contributed by atoms with van der Waals surface area (Å²) in [5, 5.41) is 13.0. The monoisotopic (exact) mass is 303 g/mol. The molecule has 0 unspecified atom stereocenters. The minimum Gasteiger partial charge on any atom is -0.451 e. The molecule has 0 radical (unpaired) electrons. The normalized spacial score (nSPS) is 10.0. The van der Waals surface area contributed by atoms with Gasteiger partial charge < -0.3 is 14.6 Å². The van der Waals surface area contributed by atoms with Crippen molar-refractivity contribution in [3.63, 3.8) is 0 Å². The van der Waals surface area contributed by atoms with Gasteiger partial charge in [-0.1, -0.05) is 0 Å². The number of non-ortho nitro benzene ring substituents is 1. The fourth-order valence-electron chi connectivity index (χ4n) is 1.74. The zero-order chi connectivity index (χ0) is 16.1. The molecule has 8 heteroatoms. The predicted molar refractivity (Wildman–Crippen MR) is 77.4 cm³/mol. The summed E-state index contributed by atoms with van der Waals surface area (Å²) in [6, 6.07) is 8.60. The van der Waals surface area contributed by atoms with Crippen LogP contribution in [0.5, 0.6) is 0 Å². The lowest BCUT2D eigenvalue weighted by Gasteiger charge is -2.07. The largest absolute Gasteiger partial charge is 0.451 e. The fraction of sp³-hybridized carbons (Fsp3) is 0.143. The Morgan fingerprint density at radius 1 is 1.27 bits per heavy atom. The number of amides is 1. The number of benzene rings is 1. The molecule has 2 rings (SSSR count). The fourth-order valence-corrected chi connectivity index (χ4v) is 1.74. The first-order valence-electron chi connectivity index (χ1n) is 6.30. The number of ether oxygens (including phenoxy) is 1. The number of hydrogen-bond donors (Lipinski definition) is 1. The van der Waals surface area contributed by atoms with Gasteiger partial charge in [0, 0.05) is 31.1 Å². The third-order valence-electron chi connectivity index (χ3n) is 2.85. The maximum atomic E-state index is 11.7. The molecule has 1 aromatic carbocycles. The zero-order valence-corrected chi connectivity index (χ0v) is 11.7. The molecule has 1 N–H and O–H groups in total. The summed E-state index contributed by atoms with van der Waals surface area (Å²) in [6.45, 7) is -0.443. The summed E-state index contributed by atoms with van der Waals surface area (Å²) in [4.78, 5) is 33.3. The van der Waals surface area contributed by atoms with Crippen molar-refractivity contribution in [1.82, 2.24) is 4.57 Å². The SMILES string of the molecule is Cn1cccc1C(=O)OCC(=O)Nc1ccc([N+](=O)[O-])cc1. The number of nitro benzene ring substituents is 1. The van der Waals surface area contributed by atoms with Crippen LogP contribution >= 0.6 is 0 Å². The number of anilines is 1. The first-order valence-corrected chi connectivity index (χ1v) is 6.30. The van der Waals surface area contributed by atoms with Crippen LogP contribution in [0.3, 0.4) is 0 Å². The van der Waals surface area contributed by atoms with Gasteiger partial charge in [-0.3, -0.25) is 14.9 Å². The number of nitro groups is 1. The van der Waals surface area contributed by atoms with Crippen LogP contribution in [0.4, 0.5) is 11.4 Å². The molecular formula is C14H13N3O5. The first-order chi connectivity index (χ1) is 10.5. The van der Waals surface area contributed by atoms with Crippen LogP contribution in [0.1, 0.15) is 10.5 Å². The highest BCUT2D eigenvalue weighted by molar-refractivity contribution is 5.95. The van der Waals surface area contributed by atoms with Crippen molar-refractivity contribution < 1.29 is 19.2 Å². The molecule has 0 aliphatic rings. The van der Waals surface area contributed by atoms with Crippen molar-refractivity contribution in [2.45, 2.75) is 0 Å². The maximum absolute atomic E-state index is 11.7. The number of rotatable bonds is 5. The van der Waals surface area contributed by atoms with E-state index in [1.165, 1.54) is 24.3 Å². The highest BCUT2D eigenvalue weighted by Gasteiger charge is 2.13. The predicted octanol–water partition coefficient (Wildman–Crippen LogP) is 1.73. The Labute approximate surface area is 125 Å². The maximum Gasteiger partial charge on any atom is 0.355 e. The quantitative estimate of drug-likeness (QED) is 0.514. The molecule has 0 atom stereocenters. The molecule has 114 valence electrons. The van der Waals surface area contributed by atoms with E-state index in [9.17, 15) is 19.7 Å². The van der Waals surface area contributed by atoms with Crippen LogP contribution in [0.15, 0.2) is 42.6 Å². The summed E-state index contributed by atoms with van der Waals surface area (Å²) in [5.74, 6) is -1.14. The number of carbonyl (C=O) groups excluding carboxylic acids is 2. The number of esters is 1. The van der Waals surface area contributed by atoms with E-state index in [2.05, 4.69) is 5.32 Å². The van der Waals surface area contributed by atoms with Gasteiger partial charge in [-0.15, -0.1) is 0 Å². The van der Waals surface area contributed by atoms with Crippen LogP contribution in [-0.2, 0) is 16.6 Å². The minimum atomic E-state index is -0.605. The number of nitrogens with zero attached hydrogens (tertiary/aromatic N) is 2. The molecular weight excluding hydrogens is 290 g/mol. The second kappa shape index (κ2) is 6.53. The highest BCUT2D eigenvalue weighted by atomic mass is 16.6. The Hall–Kier alpha value is -3.16. The standard InChI is InChI=1S/C14H13N3O5/c1-16-8-2-3-12(16)14(19)22-9-13(18)15-10-4-6-11(7-5-10)17(20)21/h2-8H,9H2,1H3,(H,15,18). The van der Waals surface area contributed by atoms with Crippen LogP contribution in [0, 0.1) is 10.1 Å². The molecule has 8 nitrogen and oxygen atoms in total. The summed E-state index contributed by atoms with van der Waals surface area (Å²) < 4.78 is 6.46. The molecule has 0 bridgehead atoms. The van der Waals surface area contributed by atoms with Gasteiger partial charge in [-0.2, -0.15) is 0 Å². The van der Waals surface area contributed by atoms with E-state index in [1.807, 2.05) is 0 Å². The van der Waals surface area contributed by atoms with E-state index in [4.69, 9.17) is 4.74 Å². The third-order valence-corrected chi connectivity index (χ3v) is 2.85. The average Bonchev–Trinajstić information content (AvgIpc) is 2.91. The van der Waals surface area contributed by atoms with Crippen LogP contribution in [0.2, 0.25) is 0 Å². The molecule has 0 spiro atoms.